The van der Waals surface area contributed by atoms with Crippen molar-refractivity contribution < 1.29 is 31.2 Å². The molecule has 0 atom stereocenters. The molecule has 1 aromatic rings. The van der Waals surface area contributed by atoms with E-state index in [1.807, 2.05) is 0 Å². The molecular weight excluding hydrogens is 551 g/mol. The highest BCUT2D eigenvalue weighted by Gasteiger charge is 2.39. The van der Waals surface area contributed by atoms with Gasteiger partial charge in [0, 0.05) is 44.7 Å². The quantitative estimate of drug-likeness (QED) is 0.156. The fourth-order valence-corrected chi connectivity index (χ4v) is 4.85. The standard InChI is InChI=1S/C25H32F3N7O4S/c1-18(23(30)32-19-4-6-20(7-5-19)40(38,39)34(2)3)21(8-13-31-17-36)33-24(9-12-29)10-14-35(15-11-24)22(37)16-25(26,27)28/h4-8,13,17,33H,9-11,14-16H2,1-3H3,(H2,30,32)(H,31,36)/b13-8-,21-18-. The van der Waals surface area contributed by atoms with Crippen molar-refractivity contribution in [1.82, 2.24) is 19.8 Å². The summed E-state index contributed by atoms with van der Waals surface area (Å²) in [5.41, 5.74) is 6.52. The van der Waals surface area contributed by atoms with Crippen molar-refractivity contribution in [2.75, 3.05) is 27.2 Å². The summed E-state index contributed by atoms with van der Waals surface area (Å²) < 4.78 is 63.7. The number of aliphatic imine (C=N–C) groups is 1. The first-order chi connectivity index (χ1) is 18.6. The molecule has 0 aromatic heterocycles. The molecule has 0 radical (unpaired) electrons. The molecule has 218 valence electrons. The Labute approximate surface area is 231 Å². The Morgan fingerprint density at radius 3 is 2.35 bits per heavy atom. The molecule has 0 unspecified atom stereocenters. The zero-order valence-corrected chi connectivity index (χ0v) is 23.1. The van der Waals surface area contributed by atoms with Gasteiger partial charge >= 0.3 is 6.18 Å². The van der Waals surface area contributed by atoms with Crippen LogP contribution in [-0.4, -0.2) is 74.7 Å². The van der Waals surface area contributed by atoms with Gasteiger partial charge in [-0.25, -0.2) is 17.7 Å². The van der Waals surface area contributed by atoms with Gasteiger partial charge in [-0.15, -0.1) is 0 Å². The van der Waals surface area contributed by atoms with Crippen LogP contribution in [0.25, 0.3) is 0 Å². The molecule has 11 nitrogen and oxygen atoms in total. The molecule has 1 saturated heterocycles. The number of piperidine rings is 1. The molecule has 2 rings (SSSR count). The third-order valence-electron chi connectivity index (χ3n) is 6.31. The van der Waals surface area contributed by atoms with Gasteiger partial charge in [-0.3, -0.25) is 9.59 Å². The maximum absolute atomic E-state index is 12.7. The minimum Gasteiger partial charge on any atom is -0.383 e. The third-order valence-corrected chi connectivity index (χ3v) is 8.14. The second-order valence-corrected chi connectivity index (χ2v) is 11.5. The molecule has 1 fully saturated rings. The fourth-order valence-electron chi connectivity index (χ4n) is 3.95. The molecule has 0 saturated carbocycles. The van der Waals surface area contributed by atoms with E-state index in [1.165, 1.54) is 50.6 Å². The summed E-state index contributed by atoms with van der Waals surface area (Å²) in [6.07, 6.45) is -2.53. The van der Waals surface area contributed by atoms with Gasteiger partial charge in [0.15, 0.2) is 0 Å². The first-order valence-corrected chi connectivity index (χ1v) is 13.5. The summed E-state index contributed by atoms with van der Waals surface area (Å²) in [6, 6.07) is 7.84. The number of carbonyl (C=O) groups is 2. The minimum atomic E-state index is -4.61. The first kappa shape index (κ1) is 32.3. The van der Waals surface area contributed by atoms with Crippen molar-refractivity contribution in [3.63, 3.8) is 0 Å². The molecule has 15 heteroatoms. The van der Waals surface area contributed by atoms with Gasteiger partial charge in [0.1, 0.15) is 12.3 Å². The lowest BCUT2D eigenvalue weighted by Gasteiger charge is -2.42. The van der Waals surface area contributed by atoms with Crippen LogP contribution in [-0.2, 0) is 19.6 Å². The predicted octanol–water partition coefficient (Wildman–Crippen LogP) is 2.28. The number of carbonyl (C=O) groups excluding carboxylic acids is 2. The highest BCUT2D eigenvalue weighted by Crippen LogP contribution is 2.30. The monoisotopic (exact) mass is 583 g/mol. The molecule has 40 heavy (non-hydrogen) atoms. The fraction of sp³-hybridized carbons (Fsp3) is 0.440. The minimum absolute atomic E-state index is 0.0119. The molecule has 1 aliphatic rings. The highest BCUT2D eigenvalue weighted by atomic mass is 32.2. The van der Waals surface area contributed by atoms with Gasteiger partial charge in [0.2, 0.25) is 22.3 Å². The van der Waals surface area contributed by atoms with E-state index < -0.39 is 34.1 Å². The van der Waals surface area contributed by atoms with Crippen molar-refractivity contribution in [2.45, 2.75) is 49.2 Å². The zero-order valence-electron chi connectivity index (χ0n) is 22.3. The SMILES string of the molecule is C/C(C(N)=Nc1ccc(S(=O)(=O)N(C)C)cc1)=C(\C=C/NC=O)NC1(CC#N)CCN(C(=O)CC(F)(F)F)CC1. The van der Waals surface area contributed by atoms with E-state index in [9.17, 15) is 36.4 Å². The average Bonchev–Trinajstić information content (AvgIpc) is 2.87. The van der Waals surface area contributed by atoms with Crippen LogP contribution >= 0.6 is 0 Å². The van der Waals surface area contributed by atoms with Crippen molar-refractivity contribution in [3.8, 4) is 6.07 Å². The number of hydrogen-bond acceptors (Lipinski definition) is 7. The summed E-state index contributed by atoms with van der Waals surface area (Å²) in [5, 5.41) is 15.1. The number of amides is 2. The van der Waals surface area contributed by atoms with Crippen LogP contribution in [0.5, 0.6) is 0 Å². The van der Waals surface area contributed by atoms with Gasteiger partial charge in [-0.2, -0.15) is 18.4 Å². The van der Waals surface area contributed by atoms with E-state index in [2.05, 4.69) is 21.7 Å². The summed E-state index contributed by atoms with van der Waals surface area (Å²) in [7, 11) is -0.799. The summed E-state index contributed by atoms with van der Waals surface area (Å²) in [4.78, 5) is 28.4. The molecule has 1 aromatic carbocycles. The third kappa shape index (κ3) is 8.82. The maximum atomic E-state index is 12.7. The number of nitriles is 1. The van der Waals surface area contributed by atoms with Crippen molar-refractivity contribution in [3.05, 3.63) is 47.8 Å². The largest absolute Gasteiger partial charge is 0.397 e. The smallest absolute Gasteiger partial charge is 0.383 e. The number of benzene rings is 1. The van der Waals surface area contributed by atoms with Crippen molar-refractivity contribution >= 4 is 33.9 Å². The van der Waals surface area contributed by atoms with Crippen LogP contribution in [0.2, 0.25) is 0 Å². The van der Waals surface area contributed by atoms with Crippen LogP contribution in [0.3, 0.4) is 0 Å². The Balaban J connectivity index is 2.36. The number of halogens is 3. The number of allylic oxidation sites excluding steroid dienone is 1. The lowest BCUT2D eigenvalue weighted by Crippen LogP contribution is -2.54. The number of nitrogens with two attached hydrogens (primary N) is 1. The number of nitrogens with zero attached hydrogens (tertiary/aromatic N) is 4. The van der Waals surface area contributed by atoms with Crippen LogP contribution in [0, 0.1) is 11.3 Å². The lowest BCUT2D eigenvalue weighted by molar-refractivity contribution is -0.162. The number of likely N-dealkylation sites (tertiary alicyclic amines) is 1. The zero-order chi connectivity index (χ0) is 30.1. The molecular formula is C25H32F3N7O4S. The lowest BCUT2D eigenvalue weighted by atomic mass is 9.84. The number of alkyl halides is 3. The van der Waals surface area contributed by atoms with Gasteiger partial charge in [0.05, 0.1) is 28.6 Å². The highest BCUT2D eigenvalue weighted by molar-refractivity contribution is 7.89. The molecule has 0 aliphatic carbocycles. The maximum Gasteiger partial charge on any atom is 0.397 e. The van der Waals surface area contributed by atoms with Crippen LogP contribution in [0.15, 0.2) is 57.7 Å². The van der Waals surface area contributed by atoms with Crippen molar-refractivity contribution in [2.24, 2.45) is 10.7 Å². The normalized spacial score (nSPS) is 16.9. The van der Waals surface area contributed by atoms with Crippen molar-refractivity contribution in [1.29, 1.82) is 5.26 Å². The van der Waals surface area contributed by atoms with Gasteiger partial charge in [-0.05, 0) is 50.1 Å². The number of amidine groups is 1. The van der Waals surface area contributed by atoms with Gasteiger partial charge in [0.25, 0.3) is 0 Å². The van der Waals surface area contributed by atoms with E-state index in [4.69, 9.17) is 5.73 Å². The van der Waals surface area contributed by atoms with Crippen LogP contribution in [0.1, 0.15) is 32.6 Å². The predicted molar refractivity (Wildman–Crippen MR) is 142 cm³/mol. The number of nitrogens with one attached hydrogen (secondary N) is 2. The Morgan fingerprint density at radius 2 is 1.85 bits per heavy atom. The van der Waals surface area contributed by atoms with E-state index in [1.54, 1.807) is 6.92 Å². The molecule has 1 aliphatic heterocycles. The van der Waals surface area contributed by atoms with E-state index in [-0.39, 0.29) is 43.1 Å². The van der Waals surface area contributed by atoms with Gasteiger partial charge in [-0.1, -0.05) is 0 Å². The van der Waals surface area contributed by atoms with E-state index in [0.717, 1.165) is 9.21 Å². The molecule has 0 spiro atoms. The Kier molecular flexibility index (Phi) is 10.9. The molecule has 1 heterocycles. The topological polar surface area (TPSA) is 161 Å². The van der Waals surface area contributed by atoms with Gasteiger partial charge < -0.3 is 21.3 Å². The summed E-state index contributed by atoms with van der Waals surface area (Å²) >= 11 is 0. The first-order valence-electron chi connectivity index (χ1n) is 12.1. The van der Waals surface area contributed by atoms with Crippen LogP contribution in [0.4, 0.5) is 18.9 Å². The van der Waals surface area contributed by atoms with E-state index in [0.29, 0.717) is 23.4 Å². The Morgan fingerprint density at radius 1 is 1.25 bits per heavy atom. The van der Waals surface area contributed by atoms with E-state index >= 15 is 0 Å². The molecule has 0 bridgehead atoms. The number of sulfonamides is 1. The average molecular weight is 584 g/mol. The Hall–Kier alpha value is -3.90. The second-order valence-electron chi connectivity index (χ2n) is 9.35. The Bertz CT molecular complexity index is 1310. The summed E-state index contributed by atoms with van der Waals surface area (Å²) in [5.74, 6) is -0.979. The van der Waals surface area contributed by atoms with Crippen LogP contribution < -0.4 is 16.4 Å². The summed E-state index contributed by atoms with van der Waals surface area (Å²) in [6.45, 7) is 1.66. The molecule has 2 amide bonds. The number of rotatable bonds is 11. The second kappa shape index (κ2) is 13.4. The molecule has 4 N–H and O–H groups in total. The number of hydrogen-bond donors (Lipinski definition) is 3.